The van der Waals surface area contributed by atoms with E-state index in [1.807, 2.05) is 18.3 Å². The van der Waals surface area contributed by atoms with Crippen molar-refractivity contribution in [1.82, 2.24) is 4.98 Å². The van der Waals surface area contributed by atoms with Crippen LogP contribution in [-0.4, -0.2) is 4.98 Å². The number of hydrogen-bond donors (Lipinski definition) is 0. The third kappa shape index (κ3) is 2.13. The molecule has 2 heteroatoms. The van der Waals surface area contributed by atoms with Crippen molar-refractivity contribution >= 4 is 10.9 Å². The van der Waals surface area contributed by atoms with Crippen LogP contribution >= 0.6 is 0 Å². The fraction of sp³-hybridized carbons (Fsp3) is 0.231. The van der Waals surface area contributed by atoms with Crippen LogP contribution in [-0.2, 0) is 6.42 Å². The third-order valence-corrected chi connectivity index (χ3v) is 2.45. The van der Waals surface area contributed by atoms with Crippen molar-refractivity contribution in [2.45, 2.75) is 19.3 Å². The highest BCUT2D eigenvalue weighted by atomic mass is 14.6. The predicted molar refractivity (Wildman–Crippen MR) is 60.3 cm³/mol. The number of nitrogens with zero attached hydrogens (tertiary/aromatic N) is 2. The van der Waals surface area contributed by atoms with Gasteiger partial charge in [-0.05, 0) is 24.5 Å². The normalized spacial score (nSPS) is 10.1. The molecule has 2 rings (SSSR count). The van der Waals surface area contributed by atoms with E-state index in [2.05, 4.69) is 29.3 Å². The second kappa shape index (κ2) is 4.56. The molecule has 0 atom stereocenters. The Bertz CT molecular complexity index is 492. The van der Waals surface area contributed by atoms with Gasteiger partial charge in [-0.25, -0.2) is 0 Å². The first kappa shape index (κ1) is 9.67. The number of aryl methyl sites for hydroxylation is 1. The number of benzene rings is 1. The molecular weight excluding hydrogens is 184 g/mol. The molecule has 2 aromatic rings. The second-order valence-corrected chi connectivity index (χ2v) is 3.50. The summed E-state index contributed by atoms with van der Waals surface area (Å²) in [6.07, 6.45) is 4.27. The van der Waals surface area contributed by atoms with Gasteiger partial charge in [0.15, 0.2) is 0 Å². The summed E-state index contributed by atoms with van der Waals surface area (Å²) in [5.74, 6) is 0. The van der Waals surface area contributed by atoms with Crippen molar-refractivity contribution in [2.24, 2.45) is 0 Å². The fourth-order valence-electron chi connectivity index (χ4n) is 1.73. The molecule has 1 heterocycles. The van der Waals surface area contributed by atoms with Crippen LogP contribution in [0.3, 0.4) is 0 Å². The summed E-state index contributed by atoms with van der Waals surface area (Å²) < 4.78 is 0. The number of hydrogen-bond acceptors (Lipinski definition) is 2. The molecule has 1 aromatic heterocycles. The molecular formula is C13H12N2. The van der Waals surface area contributed by atoms with E-state index >= 15 is 0 Å². The molecule has 0 amide bonds. The molecule has 0 unspecified atom stereocenters. The number of nitriles is 1. The first-order chi connectivity index (χ1) is 7.42. The number of pyridine rings is 1. The summed E-state index contributed by atoms with van der Waals surface area (Å²) in [5, 5.41) is 9.67. The Morgan fingerprint density at radius 2 is 2.07 bits per heavy atom. The lowest BCUT2D eigenvalue weighted by atomic mass is 10.0. The molecule has 0 aliphatic carbocycles. The first-order valence-electron chi connectivity index (χ1n) is 5.11. The van der Waals surface area contributed by atoms with Gasteiger partial charge in [0, 0.05) is 18.0 Å². The summed E-state index contributed by atoms with van der Waals surface area (Å²) in [4.78, 5) is 4.38. The standard InChI is InChI=1S/C13H12N2/c14-9-2-1-5-11-6-3-7-12-8-4-10-15-13(11)12/h3-4,6-8,10H,1-2,5H2. The van der Waals surface area contributed by atoms with Crippen LogP contribution in [0, 0.1) is 11.3 Å². The minimum Gasteiger partial charge on any atom is -0.256 e. The molecule has 0 aliphatic heterocycles. The number of aromatic nitrogens is 1. The largest absolute Gasteiger partial charge is 0.256 e. The molecule has 15 heavy (non-hydrogen) atoms. The van der Waals surface area contributed by atoms with Crippen LogP contribution in [0.2, 0.25) is 0 Å². The SMILES string of the molecule is N#CCCCc1cccc2cccnc12. The van der Waals surface area contributed by atoms with Crippen LogP contribution in [0.1, 0.15) is 18.4 Å². The smallest absolute Gasteiger partial charge is 0.0733 e. The van der Waals surface area contributed by atoms with Gasteiger partial charge in [-0.1, -0.05) is 24.3 Å². The van der Waals surface area contributed by atoms with Gasteiger partial charge in [0.25, 0.3) is 0 Å². The van der Waals surface area contributed by atoms with Crippen molar-refractivity contribution in [3.8, 4) is 6.07 Å². The third-order valence-electron chi connectivity index (χ3n) is 2.45. The van der Waals surface area contributed by atoms with Gasteiger partial charge in [-0.15, -0.1) is 0 Å². The van der Waals surface area contributed by atoms with E-state index in [0.717, 1.165) is 18.4 Å². The first-order valence-corrected chi connectivity index (χ1v) is 5.11. The van der Waals surface area contributed by atoms with Gasteiger partial charge in [-0.2, -0.15) is 5.26 Å². The van der Waals surface area contributed by atoms with Gasteiger partial charge < -0.3 is 0 Å². The Balaban J connectivity index is 2.31. The van der Waals surface area contributed by atoms with Gasteiger partial charge >= 0.3 is 0 Å². The molecule has 1 aromatic carbocycles. The molecule has 0 saturated carbocycles. The maximum Gasteiger partial charge on any atom is 0.0733 e. The second-order valence-electron chi connectivity index (χ2n) is 3.50. The average Bonchev–Trinajstić information content (AvgIpc) is 2.30. The van der Waals surface area contributed by atoms with E-state index in [0.29, 0.717) is 6.42 Å². The van der Waals surface area contributed by atoms with Crippen molar-refractivity contribution in [1.29, 1.82) is 5.26 Å². The lowest BCUT2D eigenvalue weighted by Gasteiger charge is -2.03. The Morgan fingerprint density at radius 3 is 2.93 bits per heavy atom. The zero-order chi connectivity index (χ0) is 10.5. The molecule has 0 N–H and O–H groups in total. The van der Waals surface area contributed by atoms with Crippen molar-refractivity contribution in [3.63, 3.8) is 0 Å². The van der Waals surface area contributed by atoms with Crippen molar-refractivity contribution in [2.75, 3.05) is 0 Å². The molecule has 74 valence electrons. The number of fused-ring (bicyclic) bond motifs is 1. The lowest BCUT2D eigenvalue weighted by Crippen LogP contribution is -1.89. The Labute approximate surface area is 89.2 Å². The van der Waals surface area contributed by atoms with E-state index in [4.69, 9.17) is 5.26 Å². The summed E-state index contributed by atoms with van der Waals surface area (Å²) >= 11 is 0. The monoisotopic (exact) mass is 196 g/mol. The zero-order valence-corrected chi connectivity index (χ0v) is 8.48. The molecule has 0 radical (unpaired) electrons. The van der Waals surface area contributed by atoms with Crippen LogP contribution in [0.4, 0.5) is 0 Å². The summed E-state index contributed by atoms with van der Waals surface area (Å²) in [6.45, 7) is 0. The maximum atomic E-state index is 8.49. The Morgan fingerprint density at radius 1 is 1.20 bits per heavy atom. The van der Waals surface area contributed by atoms with Crippen LogP contribution < -0.4 is 0 Å². The van der Waals surface area contributed by atoms with Gasteiger partial charge in [0.1, 0.15) is 0 Å². The Hall–Kier alpha value is -1.88. The number of para-hydroxylation sites is 1. The predicted octanol–water partition coefficient (Wildman–Crippen LogP) is 3.08. The van der Waals surface area contributed by atoms with E-state index in [1.54, 1.807) is 0 Å². The van der Waals surface area contributed by atoms with E-state index in [1.165, 1.54) is 10.9 Å². The van der Waals surface area contributed by atoms with Crippen molar-refractivity contribution in [3.05, 3.63) is 42.1 Å². The Kier molecular flexibility index (Phi) is 2.94. The minimum absolute atomic E-state index is 0.614. The van der Waals surface area contributed by atoms with E-state index in [9.17, 15) is 0 Å². The highest BCUT2D eigenvalue weighted by molar-refractivity contribution is 5.81. The molecule has 0 bridgehead atoms. The summed E-state index contributed by atoms with van der Waals surface area (Å²) in [5.41, 5.74) is 2.31. The number of unbranched alkanes of at least 4 members (excludes halogenated alkanes) is 1. The quantitative estimate of drug-likeness (QED) is 0.707. The van der Waals surface area contributed by atoms with Gasteiger partial charge in [0.2, 0.25) is 0 Å². The molecule has 0 aliphatic rings. The van der Waals surface area contributed by atoms with Crippen LogP contribution in [0.25, 0.3) is 10.9 Å². The topological polar surface area (TPSA) is 36.7 Å². The lowest BCUT2D eigenvalue weighted by molar-refractivity contribution is 0.854. The highest BCUT2D eigenvalue weighted by Gasteiger charge is 2.00. The zero-order valence-electron chi connectivity index (χ0n) is 8.48. The maximum absolute atomic E-state index is 8.49. The molecule has 0 spiro atoms. The van der Waals surface area contributed by atoms with Gasteiger partial charge in [0.05, 0.1) is 11.6 Å². The van der Waals surface area contributed by atoms with Crippen LogP contribution in [0.5, 0.6) is 0 Å². The average molecular weight is 196 g/mol. The molecule has 0 saturated heterocycles. The fourth-order valence-corrected chi connectivity index (χ4v) is 1.73. The van der Waals surface area contributed by atoms with Gasteiger partial charge in [-0.3, -0.25) is 4.98 Å². The number of rotatable bonds is 3. The van der Waals surface area contributed by atoms with Crippen LogP contribution in [0.15, 0.2) is 36.5 Å². The summed E-state index contributed by atoms with van der Waals surface area (Å²) in [7, 11) is 0. The van der Waals surface area contributed by atoms with E-state index < -0.39 is 0 Å². The molecule has 0 fully saturated rings. The highest BCUT2D eigenvalue weighted by Crippen LogP contribution is 2.17. The summed E-state index contributed by atoms with van der Waals surface area (Å²) in [6, 6.07) is 12.4. The molecule has 2 nitrogen and oxygen atoms in total. The van der Waals surface area contributed by atoms with E-state index in [-0.39, 0.29) is 0 Å². The minimum atomic E-state index is 0.614. The van der Waals surface area contributed by atoms with Crippen molar-refractivity contribution < 1.29 is 0 Å².